The molecule has 3 rings (SSSR count). The standard InChI is InChI=1S/C13H16BrN3O/c14-9-1-2-10(13(15)18)11(5-9)17-4-3-8-6-16-7-12(8)17/h1-2,5,8,12,16H,3-4,6-7H2,(H2,15,18)/t8-,12+/m0/s1. The number of rotatable bonds is 2. The number of halogens is 1. The fourth-order valence-electron chi connectivity index (χ4n) is 3.10. The lowest BCUT2D eigenvalue weighted by Crippen LogP contribution is -2.35. The first kappa shape index (κ1) is 12.0. The van der Waals surface area contributed by atoms with Crippen molar-refractivity contribution in [1.29, 1.82) is 0 Å². The number of benzene rings is 1. The molecular weight excluding hydrogens is 294 g/mol. The van der Waals surface area contributed by atoms with Crippen LogP contribution in [0.2, 0.25) is 0 Å². The summed E-state index contributed by atoms with van der Waals surface area (Å²) in [4.78, 5) is 13.9. The van der Waals surface area contributed by atoms with Crippen molar-refractivity contribution < 1.29 is 4.79 Å². The van der Waals surface area contributed by atoms with Crippen LogP contribution in [0.3, 0.4) is 0 Å². The number of nitrogens with zero attached hydrogens (tertiary/aromatic N) is 1. The van der Waals surface area contributed by atoms with Crippen molar-refractivity contribution in [1.82, 2.24) is 5.32 Å². The van der Waals surface area contributed by atoms with E-state index in [1.165, 1.54) is 6.42 Å². The molecule has 3 N–H and O–H groups in total. The van der Waals surface area contributed by atoms with Gasteiger partial charge in [-0.15, -0.1) is 0 Å². The SMILES string of the molecule is NC(=O)c1ccc(Br)cc1N1CC[C@H]2CNC[C@H]21. The Bertz CT molecular complexity index is 491. The first-order valence-corrected chi connectivity index (χ1v) is 7.03. The van der Waals surface area contributed by atoms with E-state index in [1.807, 2.05) is 12.1 Å². The first-order valence-electron chi connectivity index (χ1n) is 6.23. The molecule has 0 saturated carbocycles. The quantitative estimate of drug-likeness (QED) is 0.867. The van der Waals surface area contributed by atoms with Gasteiger partial charge in [-0.25, -0.2) is 0 Å². The van der Waals surface area contributed by atoms with E-state index in [0.717, 1.165) is 29.8 Å². The number of hydrogen-bond acceptors (Lipinski definition) is 3. The molecule has 2 atom stereocenters. The van der Waals surface area contributed by atoms with Crippen LogP contribution in [0.1, 0.15) is 16.8 Å². The van der Waals surface area contributed by atoms with Gasteiger partial charge in [0.1, 0.15) is 0 Å². The molecule has 4 nitrogen and oxygen atoms in total. The average molecular weight is 310 g/mol. The third kappa shape index (κ3) is 1.91. The Morgan fingerprint density at radius 3 is 3.06 bits per heavy atom. The second-order valence-electron chi connectivity index (χ2n) is 4.99. The summed E-state index contributed by atoms with van der Waals surface area (Å²) in [6, 6.07) is 6.17. The molecular formula is C13H16BrN3O. The van der Waals surface area contributed by atoms with Crippen molar-refractivity contribution in [2.45, 2.75) is 12.5 Å². The zero-order chi connectivity index (χ0) is 12.7. The van der Waals surface area contributed by atoms with Gasteiger partial charge in [0, 0.05) is 30.1 Å². The molecule has 2 heterocycles. The largest absolute Gasteiger partial charge is 0.366 e. The van der Waals surface area contributed by atoms with Gasteiger partial charge in [0.05, 0.1) is 11.3 Å². The summed E-state index contributed by atoms with van der Waals surface area (Å²) in [5, 5.41) is 3.42. The number of anilines is 1. The molecule has 2 aliphatic heterocycles. The van der Waals surface area contributed by atoms with E-state index in [-0.39, 0.29) is 5.91 Å². The minimum absolute atomic E-state index is 0.355. The van der Waals surface area contributed by atoms with E-state index in [0.29, 0.717) is 17.5 Å². The van der Waals surface area contributed by atoms with Gasteiger partial charge in [-0.05, 0) is 30.5 Å². The van der Waals surface area contributed by atoms with Gasteiger partial charge in [0.2, 0.25) is 0 Å². The molecule has 1 amide bonds. The van der Waals surface area contributed by atoms with E-state index in [4.69, 9.17) is 5.73 Å². The third-order valence-corrected chi connectivity index (χ3v) is 4.47. The number of nitrogens with two attached hydrogens (primary N) is 1. The lowest BCUT2D eigenvalue weighted by Gasteiger charge is -2.27. The highest BCUT2D eigenvalue weighted by molar-refractivity contribution is 9.10. The number of amides is 1. The summed E-state index contributed by atoms with van der Waals surface area (Å²) in [7, 11) is 0. The Balaban J connectivity index is 2.00. The lowest BCUT2D eigenvalue weighted by molar-refractivity contribution is 0.100. The van der Waals surface area contributed by atoms with Crippen LogP contribution in [0.15, 0.2) is 22.7 Å². The van der Waals surface area contributed by atoms with Gasteiger partial charge >= 0.3 is 0 Å². The van der Waals surface area contributed by atoms with Crippen LogP contribution in [0.25, 0.3) is 0 Å². The topological polar surface area (TPSA) is 58.4 Å². The molecule has 0 unspecified atom stereocenters. The van der Waals surface area contributed by atoms with Crippen LogP contribution >= 0.6 is 15.9 Å². The molecule has 2 aliphatic rings. The smallest absolute Gasteiger partial charge is 0.250 e. The molecule has 96 valence electrons. The molecule has 0 aromatic heterocycles. The molecule has 2 saturated heterocycles. The van der Waals surface area contributed by atoms with Crippen molar-refractivity contribution in [3.05, 3.63) is 28.2 Å². The van der Waals surface area contributed by atoms with Gasteiger partial charge < -0.3 is 16.0 Å². The lowest BCUT2D eigenvalue weighted by atomic mass is 10.0. The van der Waals surface area contributed by atoms with Gasteiger partial charge in [0.15, 0.2) is 0 Å². The minimum Gasteiger partial charge on any atom is -0.366 e. The Morgan fingerprint density at radius 2 is 2.28 bits per heavy atom. The number of carbonyl (C=O) groups is 1. The maximum absolute atomic E-state index is 11.5. The third-order valence-electron chi connectivity index (χ3n) is 3.98. The predicted molar refractivity (Wildman–Crippen MR) is 74.8 cm³/mol. The summed E-state index contributed by atoms with van der Waals surface area (Å²) in [5.41, 5.74) is 7.06. The van der Waals surface area contributed by atoms with Crippen LogP contribution in [0.4, 0.5) is 5.69 Å². The van der Waals surface area contributed by atoms with E-state index < -0.39 is 0 Å². The Morgan fingerprint density at radius 1 is 1.44 bits per heavy atom. The van der Waals surface area contributed by atoms with Crippen molar-refractivity contribution in [2.24, 2.45) is 11.7 Å². The van der Waals surface area contributed by atoms with E-state index in [9.17, 15) is 4.79 Å². The highest BCUT2D eigenvalue weighted by Crippen LogP contribution is 2.35. The van der Waals surface area contributed by atoms with Crippen molar-refractivity contribution in [3.63, 3.8) is 0 Å². The average Bonchev–Trinajstić information content (AvgIpc) is 2.89. The second-order valence-corrected chi connectivity index (χ2v) is 5.91. The summed E-state index contributed by atoms with van der Waals surface area (Å²) in [5.74, 6) is 0.344. The molecule has 1 aromatic rings. The monoisotopic (exact) mass is 309 g/mol. The summed E-state index contributed by atoms with van der Waals surface area (Å²) >= 11 is 3.47. The Labute approximate surface area is 115 Å². The first-order chi connectivity index (χ1) is 8.66. The summed E-state index contributed by atoms with van der Waals surface area (Å²) < 4.78 is 0.983. The van der Waals surface area contributed by atoms with Gasteiger partial charge in [-0.2, -0.15) is 0 Å². The normalized spacial score (nSPS) is 26.4. The van der Waals surface area contributed by atoms with Crippen molar-refractivity contribution in [3.8, 4) is 0 Å². The highest BCUT2D eigenvalue weighted by atomic mass is 79.9. The number of nitrogens with one attached hydrogen (secondary N) is 1. The molecule has 5 heteroatoms. The number of fused-ring (bicyclic) bond motifs is 1. The fourth-order valence-corrected chi connectivity index (χ4v) is 3.45. The van der Waals surface area contributed by atoms with Crippen LogP contribution in [-0.4, -0.2) is 31.6 Å². The Hall–Kier alpha value is -1.07. The molecule has 0 bridgehead atoms. The van der Waals surface area contributed by atoms with Crippen LogP contribution in [0, 0.1) is 5.92 Å². The second kappa shape index (κ2) is 4.55. The molecule has 1 aromatic carbocycles. The van der Waals surface area contributed by atoms with Gasteiger partial charge in [-0.1, -0.05) is 15.9 Å². The number of primary amides is 1. The molecule has 2 fully saturated rings. The van der Waals surface area contributed by atoms with Gasteiger partial charge in [0.25, 0.3) is 5.91 Å². The van der Waals surface area contributed by atoms with E-state index in [2.05, 4.69) is 26.1 Å². The van der Waals surface area contributed by atoms with Crippen molar-refractivity contribution >= 4 is 27.5 Å². The van der Waals surface area contributed by atoms with E-state index in [1.54, 1.807) is 6.07 Å². The van der Waals surface area contributed by atoms with Crippen LogP contribution in [0.5, 0.6) is 0 Å². The maximum atomic E-state index is 11.5. The highest BCUT2D eigenvalue weighted by Gasteiger charge is 2.38. The van der Waals surface area contributed by atoms with Crippen molar-refractivity contribution in [2.75, 3.05) is 24.5 Å². The summed E-state index contributed by atoms with van der Waals surface area (Å²) in [6.07, 6.45) is 1.18. The van der Waals surface area contributed by atoms with E-state index >= 15 is 0 Å². The zero-order valence-corrected chi connectivity index (χ0v) is 11.6. The molecule has 0 radical (unpaired) electrons. The molecule has 0 spiro atoms. The molecule has 0 aliphatic carbocycles. The van der Waals surface area contributed by atoms with Crippen LogP contribution < -0.4 is 16.0 Å². The minimum atomic E-state index is -0.355. The molecule has 18 heavy (non-hydrogen) atoms. The maximum Gasteiger partial charge on any atom is 0.250 e. The Kier molecular flexibility index (Phi) is 3.03. The fraction of sp³-hybridized carbons (Fsp3) is 0.462. The number of hydrogen-bond donors (Lipinski definition) is 2. The summed E-state index contributed by atoms with van der Waals surface area (Å²) in [6.45, 7) is 3.09. The van der Waals surface area contributed by atoms with Crippen LogP contribution in [-0.2, 0) is 0 Å². The zero-order valence-electron chi connectivity index (χ0n) is 10.0. The van der Waals surface area contributed by atoms with Gasteiger partial charge in [-0.3, -0.25) is 4.79 Å². The predicted octanol–water partition coefficient (Wildman–Crippen LogP) is 1.35. The number of carbonyl (C=O) groups excluding carboxylic acids is 1.